The normalized spacial score (nSPS) is 12.4. The largest absolute Gasteiger partial charge is 0.497 e. The summed E-state index contributed by atoms with van der Waals surface area (Å²) in [5.74, 6) is 0.888. The maximum atomic E-state index is 13.7. The van der Waals surface area contributed by atoms with Crippen molar-refractivity contribution in [3.8, 4) is 11.5 Å². The van der Waals surface area contributed by atoms with Crippen molar-refractivity contribution in [3.63, 3.8) is 0 Å². The van der Waals surface area contributed by atoms with Gasteiger partial charge >= 0.3 is 0 Å². The Bertz CT molecular complexity index is 1160. The fourth-order valence-corrected chi connectivity index (χ4v) is 4.21. The molecule has 0 aliphatic heterocycles. The van der Waals surface area contributed by atoms with Crippen molar-refractivity contribution in [1.29, 1.82) is 0 Å². The standard InChI is InChI=1S/C31H38N2O4/c1-6-24(4)32-31(35)29(19-25-11-8-7-9-12-25)33(20-26-13-10-14-27(18-26)36-5)30(34)21-37-28-16-22(2)15-23(3)17-28/h7-18,24,29H,6,19-21H2,1-5H3,(H,32,35). The summed E-state index contributed by atoms with van der Waals surface area (Å²) < 4.78 is 11.3. The molecule has 0 aromatic heterocycles. The van der Waals surface area contributed by atoms with Crippen molar-refractivity contribution in [1.82, 2.24) is 10.2 Å². The third-order valence-corrected chi connectivity index (χ3v) is 6.32. The number of nitrogens with zero attached hydrogens (tertiary/aromatic N) is 1. The lowest BCUT2D eigenvalue weighted by molar-refractivity contribution is -0.143. The Kier molecular flexibility index (Phi) is 10.1. The number of ether oxygens (including phenoxy) is 2. The SMILES string of the molecule is CCC(C)NC(=O)C(Cc1ccccc1)N(Cc1cccc(OC)c1)C(=O)COc1cc(C)cc(C)c1. The van der Waals surface area contributed by atoms with E-state index < -0.39 is 6.04 Å². The minimum atomic E-state index is -0.710. The Morgan fingerprint density at radius 1 is 0.892 bits per heavy atom. The second kappa shape index (κ2) is 13.5. The molecule has 0 heterocycles. The predicted molar refractivity (Wildman–Crippen MR) is 147 cm³/mol. The second-order valence-electron chi connectivity index (χ2n) is 9.51. The average molecular weight is 503 g/mol. The van der Waals surface area contributed by atoms with Crippen LogP contribution in [0.3, 0.4) is 0 Å². The van der Waals surface area contributed by atoms with E-state index in [2.05, 4.69) is 11.4 Å². The number of hydrogen-bond acceptors (Lipinski definition) is 4. The summed E-state index contributed by atoms with van der Waals surface area (Å²) in [6.07, 6.45) is 1.19. The Morgan fingerprint density at radius 2 is 1.57 bits per heavy atom. The van der Waals surface area contributed by atoms with Gasteiger partial charge in [-0.15, -0.1) is 0 Å². The first kappa shape index (κ1) is 27.8. The molecule has 1 N–H and O–H groups in total. The van der Waals surface area contributed by atoms with E-state index >= 15 is 0 Å². The fraction of sp³-hybridized carbons (Fsp3) is 0.355. The number of methoxy groups -OCH3 is 1. The van der Waals surface area contributed by atoms with E-state index in [1.807, 2.05) is 94.4 Å². The van der Waals surface area contributed by atoms with Crippen LogP contribution in [0.2, 0.25) is 0 Å². The van der Waals surface area contributed by atoms with E-state index in [1.54, 1.807) is 12.0 Å². The van der Waals surface area contributed by atoms with Crippen LogP contribution in [0.15, 0.2) is 72.8 Å². The van der Waals surface area contributed by atoms with Gasteiger partial charge in [-0.25, -0.2) is 0 Å². The molecule has 0 bridgehead atoms. The summed E-state index contributed by atoms with van der Waals surface area (Å²) in [5, 5.41) is 3.08. The van der Waals surface area contributed by atoms with Crippen LogP contribution in [0.25, 0.3) is 0 Å². The van der Waals surface area contributed by atoms with Crippen molar-refractivity contribution >= 4 is 11.8 Å². The van der Waals surface area contributed by atoms with E-state index in [0.717, 1.165) is 28.7 Å². The molecule has 3 aromatic carbocycles. The summed E-state index contributed by atoms with van der Waals surface area (Å²) in [4.78, 5) is 28.9. The first-order chi connectivity index (χ1) is 17.8. The molecule has 37 heavy (non-hydrogen) atoms. The molecule has 6 heteroatoms. The molecule has 2 unspecified atom stereocenters. The minimum Gasteiger partial charge on any atom is -0.497 e. The van der Waals surface area contributed by atoms with E-state index in [1.165, 1.54) is 0 Å². The van der Waals surface area contributed by atoms with Gasteiger partial charge in [0, 0.05) is 19.0 Å². The maximum Gasteiger partial charge on any atom is 0.261 e. The molecule has 0 spiro atoms. The lowest BCUT2D eigenvalue weighted by atomic mass is 10.0. The zero-order valence-electron chi connectivity index (χ0n) is 22.5. The molecule has 0 aliphatic rings. The summed E-state index contributed by atoms with van der Waals surface area (Å²) >= 11 is 0. The van der Waals surface area contributed by atoms with E-state index in [9.17, 15) is 9.59 Å². The summed E-state index contributed by atoms with van der Waals surface area (Å²) in [5.41, 5.74) is 3.97. The highest BCUT2D eigenvalue weighted by atomic mass is 16.5. The number of carbonyl (C=O) groups is 2. The summed E-state index contributed by atoms with van der Waals surface area (Å²) in [6, 6.07) is 22.5. The number of nitrogens with one attached hydrogen (secondary N) is 1. The van der Waals surface area contributed by atoms with Crippen molar-refractivity contribution in [3.05, 3.63) is 95.1 Å². The van der Waals surface area contributed by atoms with Crippen LogP contribution in [0.5, 0.6) is 11.5 Å². The van der Waals surface area contributed by atoms with Crippen LogP contribution < -0.4 is 14.8 Å². The van der Waals surface area contributed by atoms with Gasteiger partial charge in [0.25, 0.3) is 5.91 Å². The smallest absolute Gasteiger partial charge is 0.261 e. The van der Waals surface area contributed by atoms with Crippen LogP contribution in [-0.2, 0) is 22.6 Å². The number of benzene rings is 3. The number of amides is 2. The van der Waals surface area contributed by atoms with Gasteiger partial charge in [0.05, 0.1) is 7.11 Å². The molecule has 2 amide bonds. The third-order valence-electron chi connectivity index (χ3n) is 6.32. The van der Waals surface area contributed by atoms with E-state index in [-0.39, 0.29) is 31.0 Å². The van der Waals surface area contributed by atoms with Gasteiger partial charge in [0.2, 0.25) is 5.91 Å². The lowest BCUT2D eigenvalue weighted by Gasteiger charge is -2.32. The fourth-order valence-electron chi connectivity index (χ4n) is 4.21. The molecule has 3 rings (SSSR count). The van der Waals surface area contributed by atoms with E-state index in [4.69, 9.17) is 9.47 Å². The molecular weight excluding hydrogens is 464 g/mol. The monoisotopic (exact) mass is 502 g/mol. The first-order valence-corrected chi connectivity index (χ1v) is 12.8. The van der Waals surface area contributed by atoms with Gasteiger partial charge in [0.15, 0.2) is 6.61 Å². The molecule has 0 saturated carbocycles. The summed E-state index contributed by atoms with van der Waals surface area (Å²) in [7, 11) is 1.61. The van der Waals surface area contributed by atoms with Crippen molar-refractivity contribution in [2.24, 2.45) is 0 Å². The molecule has 196 valence electrons. The third kappa shape index (κ3) is 8.38. The van der Waals surface area contributed by atoms with Crippen LogP contribution in [0.1, 0.15) is 42.5 Å². The number of aryl methyl sites for hydroxylation is 2. The molecule has 3 aromatic rings. The van der Waals surface area contributed by atoms with Gasteiger partial charge in [-0.05, 0) is 73.7 Å². The van der Waals surface area contributed by atoms with Crippen LogP contribution >= 0.6 is 0 Å². The molecule has 2 atom stereocenters. The number of rotatable bonds is 12. The predicted octanol–water partition coefficient (Wildman–Crippen LogP) is 5.25. The Hall–Kier alpha value is -3.80. The highest BCUT2D eigenvalue weighted by Crippen LogP contribution is 2.20. The van der Waals surface area contributed by atoms with Gasteiger partial charge in [-0.2, -0.15) is 0 Å². The van der Waals surface area contributed by atoms with Gasteiger partial charge in [-0.3, -0.25) is 9.59 Å². The maximum absolute atomic E-state index is 13.7. The second-order valence-corrected chi connectivity index (χ2v) is 9.51. The summed E-state index contributed by atoms with van der Waals surface area (Å²) in [6.45, 7) is 8.05. The quantitative estimate of drug-likeness (QED) is 0.368. The molecule has 0 fully saturated rings. The number of hydrogen-bond donors (Lipinski definition) is 1. The van der Waals surface area contributed by atoms with Gasteiger partial charge < -0.3 is 19.7 Å². The highest BCUT2D eigenvalue weighted by molar-refractivity contribution is 5.88. The zero-order valence-corrected chi connectivity index (χ0v) is 22.5. The first-order valence-electron chi connectivity index (χ1n) is 12.8. The molecular formula is C31H38N2O4. The Morgan fingerprint density at radius 3 is 2.22 bits per heavy atom. The Labute approximate surface area is 220 Å². The van der Waals surface area contributed by atoms with E-state index in [0.29, 0.717) is 17.9 Å². The van der Waals surface area contributed by atoms with Crippen molar-refractivity contribution in [2.75, 3.05) is 13.7 Å². The molecule has 0 aliphatic carbocycles. The average Bonchev–Trinajstić information content (AvgIpc) is 2.89. The topological polar surface area (TPSA) is 67.9 Å². The van der Waals surface area contributed by atoms with Crippen LogP contribution in [0.4, 0.5) is 0 Å². The lowest BCUT2D eigenvalue weighted by Crippen LogP contribution is -2.53. The van der Waals surface area contributed by atoms with Crippen LogP contribution in [-0.4, -0.2) is 42.5 Å². The van der Waals surface area contributed by atoms with Crippen molar-refractivity contribution in [2.45, 2.75) is 59.2 Å². The molecule has 0 radical (unpaired) electrons. The minimum absolute atomic E-state index is 0.00827. The number of carbonyl (C=O) groups excluding carboxylic acids is 2. The highest BCUT2D eigenvalue weighted by Gasteiger charge is 2.31. The van der Waals surface area contributed by atoms with Crippen LogP contribution in [0, 0.1) is 13.8 Å². The van der Waals surface area contributed by atoms with Crippen molar-refractivity contribution < 1.29 is 19.1 Å². The molecule has 6 nitrogen and oxygen atoms in total. The molecule has 0 saturated heterocycles. The van der Waals surface area contributed by atoms with Gasteiger partial charge in [-0.1, -0.05) is 55.5 Å². The Balaban J connectivity index is 1.94. The zero-order chi connectivity index (χ0) is 26.8. The van der Waals surface area contributed by atoms with Gasteiger partial charge in [0.1, 0.15) is 17.5 Å².